The van der Waals surface area contributed by atoms with Crippen molar-refractivity contribution in [2.75, 3.05) is 11.9 Å². The molecule has 0 saturated heterocycles. The molecule has 0 unspecified atom stereocenters. The number of hydrogen-bond acceptors (Lipinski definition) is 2. The molecule has 106 valence electrons. The first kappa shape index (κ1) is 15.7. The molecule has 2 aromatic rings. The number of benzene rings is 1. The summed E-state index contributed by atoms with van der Waals surface area (Å²) in [5.41, 5.74) is 2.26. The van der Waals surface area contributed by atoms with Crippen LogP contribution in [0.15, 0.2) is 40.2 Å². The lowest BCUT2D eigenvalue weighted by atomic mass is 10.2. The molecular formula is C15H15Br2NOS. The topological polar surface area (TPSA) is 20.3 Å². The van der Waals surface area contributed by atoms with Gasteiger partial charge in [-0.25, -0.2) is 0 Å². The van der Waals surface area contributed by atoms with Crippen molar-refractivity contribution >= 4 is 49.1 Å². The molecule has 0 N–H and O–H groups in total. The van der Waals surface area contributed by atoms with Gasteiger partial charge in [0.1, 0.15) is 0 Å². The zero-order valence-electron chi connectivity index (χ0n) is 11.1. The van der Waals surface area contributed by atoms with Crippen LogP contribution < -0.4 is 0 Å². The number of rotatable bonds is 5. The molecule has 0 aliphatic rings. The lowest BCUT2D eigenvalue weighted by molar-refractivity contribution is 0.0759. The molecule has 1 aromatic heterocycles. The molecule has 0 aliphatic carbocycles. The molecule has 0 spiro atoms. The molecule has 2 rings (SSSR count). The Morgan fingerprint density at radius 3 is 2.55 bits per heavy atom. The van der Waals surface area contributed by atoms with E-state index in [-0.39, 0.29) is 5.91 Å². The first-order valence-electron chi connectivity index (χ1n) is 6.27. The first-order chi connectivity index (χ1) is 9.61. The van der Waals surface area contributed by atoms with Crippen molar-refractivity contribution in [1.82, 2.24) is 4.90 Å². The van der Waals surface area contributed by atoms with Crippen LogP contribution in [0.2, 0.25) is 0 Å². The standard InChI is InChI=1S/C15H15Br2NOS/c1-11-9-13(20-14(11)17)15(19)18(8-7-16)10-12-5-3-2-4-6-12/h2-6,9H,7-8,10H2,1H3. The molecule has 20 heavy (non-hydrogen) atoms. The number of carbonyl (C=O) groups is 1. The van der Waals surface area contributed by atoms with E-state index >= 15 is 0 Å². The summed E-state index contributed by atoms with van der Waals surface area (Å²) in [6.07, 6.45) is 0. The minimum absolute atomic E-state index is 0.0899. The van der Waals surface area contributed by atoms with E-state index < -0.39 is 0 Å². The van der Waals surface area contributed by atoms with Gasteiger partial charge in [-0.3, -0.25) is 4.79 Å². The fourth-order valence-electron chi connectivity index (χ4n) is 1.88. The second-order valence-electron chi connectivity index (χ2n) is 4.47. The van der Waals surface area contributed by atoms with Crippen LogP contribution in [0.3, 0.4) is 0 Å². The molecule has 1 amide bonds. The molecule has 1 heterocycles. The molecule has 0 aliphatic heterocycles. The molecule has 2 nitrogen and oxygen atoms in total. The normalized spacial score (nSPS) is 10.6. The highest BCUT2D eigenvalue weighted by molar-refractivity contribution is 9.11. The molecule has 1 aromatic carbocycles. The number of amides is 1. The SMILES string of the molecule is Cc1cc(C(=O)N(CCBr)Cc2ccccc2)sc1Br. The number of alkyl halides is 1. The van der Waals surface area contributed by atoms with Gasteiger partial charge >= 0.3 is 0 Å². The fraction of sp³-hybridized carbons (Fsp3) is 0.267. The van der Waals surface area contributed by atoms with E-state index in [4.69, 9.17) is 0 Å². The van der Waals surface area contributed by atoms with Crippen molar-refractivity contribution in [3.63, 3.8) is 0 Å². The third-order valence-electron chi connectivity index (χ3n) is 2.93. The monoisotopic (exact) mass is 415 g/mol. The lowest BCUT2D eigenvalue weighted by Crippen LogP contribution is -2.31. The second-order valence-corrected chi connectivity index (χ2v) is 7.63. The maximum absolute atomic E-state index is 12.6. The molecule has 0 fully saturated rings. The van der Waals surface area contributed by atoms with Crippen LogP contribution in [0.4, 0.5) is 0 Å². The van der Waals surface area contributed by atoms with Crippen LogP contribution in [0.5, 0.6) is 0 Å². The van der Waals surface area contributed by atoms with Crippen LogP contribution in [-0.4, -0.2) is 22.7 Å². The van der Waals surface area contributed by atoms with Crippen LogP contribution in [0.1, 0.15) is 20.8 Å². The Morgan fingerprint density at radius 2 is 2.00 bits per heavy atom. The minimum atomic E-state index is 0.0899. The average Bonchev–Trinajstić information content (AvgIpc) is 2.78. The minimum Gasteiger partial charge on any atom is -0.333 e. The van der Waals surface area contributed by atoms with Gasteiger partial charge in [0.2, 0.25) is 0 Å². The van der Waals surface area contributed by atoms with Crippen molar-refractivity contribution in [2.45, 2.75) is 13.5 Å². The Morgan fingerprint density at radius 1 is 1.30 bits per heavy atom. The molecule has 0 saturated carbocycles. The quantitative estimate of drug-likeness (QED) is 0.637. The van der Waals surface area contributed by atoms with Gasteiger partial charge in [-0.15, -0.1) is 11.3 Å². The van der Waals surface area contributed by atoms with E-state index in [2.05, 4.69) is 31.9 Å². The van der Waals surface area contributed by atoms with Gasteiger partial charge in [-0.1, -0.05) is 46.3 Å². The van der Waals surface area contributed by atoms with E-state index in [1.54, 1.807) is 0 Å². The molecule has 0 radical (unpaired) electrons. The Balaban J connectivity index is 2.17. The van der Waals surface area contributed by atoms with E-state index in [1.165, 1.54) is 11.3 Å². The highest BCUT2D eigenvalue weighted by Gasteiger charge is 2.18. The molecule has 0 bridgehead atoms. The maximum Gasteiger partial charge on any atom is 0.264 e. The summed E-state index contributed by atoms with van der Waals surface area (Å²) in [7, 11) is 0. The zero-order valence-corrected chi connectivity index (χ0v) is 15.1. The van der Waals surface area contributed by atoms with E-state index in [0.717, 1.165) is 25.1 Å². The summed E-state index contributed by atoms with van der Waals surface area (Å²) in [4.78, 5) is 15.3. The number of carbonyl (C=O) groups excluding carboxylic acids is 1. The Bertz CT molecular complexity index is 563. The summed E-state index contributed by atoms with van der Waals surface area (Å²) < 4.78 is 1.03. The fourth-order valence-corrected chi connectivity index (χ4v) is 3.81. The smallest absolute Gasteiger partial charge is 0.264 e. The van der Waals surface area contributed by atoms with Gasteiger partial charge in [-0.2, -0.15) is 0 Å². The van der Waals surface area contributed by atoms with E-state index in [0.29, 0.717) is 13.1 Å². The van der Waals surface area contributed by atoms with Crippen LogP contribution in [0.25, 0.3) is 0 Å². The second kappa shape index (κ2) is 7.38. The van der Waals surface area contributed by atoms with Crippen molar-refractivity contribution in [3.8, 4) is 0 Å². The van der Waals surface area contributed by atoms with Gasteiger partial charge in [0.15, 0.2) is 0 Å². The van der Waals surface area contributed by atoms with Gasteiger partial charge in [0, 0.05) is 18.4 Å². The van der Waals surface area contributed by atoms with Crippen LogP contribution >= 0.6 is 43.2 Å². The zero-order chi connectivity index (χ0) is 14.5. The van der Waals surface area contributed by atoms with Crippen molar-refractivity contribution < 1.29 is 4.79 Å². The van der Waals surface area contributed by atoms with Crippen LogP contribution in [0, 0.1) is 6.92 Å². The molecular weight excluding hydrogens is 402 g/mol. The van der Waals surface area contributed by atoms with Gasteiger partial charge < -0.3 is 4.90 Å². The summed E-state index contributed by atoms with van der Waals surface area (Å²) in [6.45, 7) is 3.34. The molecule has 5 heteroatoms. The van der Waals surface area contributed by atoms with E-state index in [1.807, 2.05) is 48.2 Å². The first-order valence-corrected chi connectivity index (χ1v) is 9.00. The van der Waals surface area contributed by atoms with E-state index in [9.17, 15) is 4.79 Å². The Hall–Kier alpha value is -0.650. The predicted molar refractivity (Wildman–Crippen MR) is 91.7 cm³/mol. The summed E-state index contributed by atoms with van der Waals surface area (Å²) in [5.74, 6) is 0.0899. The van der Waals surface area contributed by atoms with Crippen molar-refractivity contribution in [1.29, 1.82) is 0 Å². The van der Waals surface area contributed by atoms with Gasteiger partial charge in [0.05, 0.1) is 8.66 Å². The summed E-state index contributed by atoms with van der Waals surface area (Å²) in [5, 5.41) is 0.775. The average molecular weight is 417 g/mol. The Labute approximate surface area is 140 Å². The van der Waals surface area contributed by atoms with Crippen molar-refractivity contribution in [3.05, 3.63) is 56.2 Å². The number of nitrogens with zero attached hydrogens (tertiary/aromatic N) is 1. The highest BCUT2D eigenvalue weighted by Crippen LogP contribution is 2.28. The summed E-state index contributed by atoms with van der Waals surface area (Å²) >= 11 is 8.40. The van der Waals surface area contributed by atoms with Gasteiger partial charge in [0.25, 0.3) is 5.91 Å². The third-order valence-corrected chi connectivity index (χ3v) is 5.41. The number of thiophene rings is 1. The Kier molecular flexibility index (Phi) is 5.81. The number of hydrogen-bond donors (Lipinski definition) is 0. The predicted octanol–water partition coefficient (Wildman–Crippen LogP) is 4.86. The number of halogens is 2. The largest absolute Gasteiger partial charge is 0.333 e. The number of aryl methyl sites for hydroxylation is 1. The van der Waals surface area contributed by atoms with Crippen molar-refractivity contribution in [2.24, 2.45) is 0 Å². The van der Waals surface area contributed by atoms with Gasteiger partial charge in [-0.05, 0) is 40.0 Å². The highest BCUT2D eigenvalue weighted by atomic mass is 79.9. The maximum atomic E-state index is 12.6. The summed E-state index contributed by atoms with van der Waals surface area (Å²) in [6, 6.07) is 12.0. The lowest BCUT2D eigenvalue weighted by Gasteiger charge is -2.21. The molecule has 0 atom stereocenters. The third kappa shape index (κ3) is 3.93. The van der Waals surface area contributed by atoms with Crippen LogP contribution in [-0.2, 0) is 6.54 Å².